The molecule has 0 bridgehead atoms. The number of ether oxygens (including phenoxy) is 2. The second kappa shape index (κ2) is 12.7. The van der Waals surface area contributed by atoms with Crippen LogP contribution in [0.25, 0.3) is 5.52 Å². The number of hydrogen-bond donors (Lipinski definition) is 4. The van der Waals surface area contributed by atoms with Crippen LogP contribution in [0.2, 0.25) is 0 Å². The first-order valence-corrected chi connectivity index (χ1v) is 16.1. The fourth-order valence-corrected chi connectivity index (χ4v) is 6.54. The second-order valence-electron chi connectivity index (χ2n) is 10.4. The van der Waals surface area contributed by atoms with Crippen molar-refractivity contribution in [2.75, 3.05) is 18.9 Å². The van der Waals surface area contributed by atoms with Crippen LogP contribution in [0.5, 0.6) is 5.75 Å². The van der Waals surface area contributed by atoms with Crippen molar-refractivity contribution < 1.29 is 46.8 Å². The van der Waals surface area contributed by atoms with Crippen LogP contribution >= 0.6 is 15.6 Å². The van der Waals surface area contributed by atoms with Crippen LogP contribution in [0.15, 0.2) is 48.8 Å². The van der Waals surface area contributed by atoms with Crippen LogP contribution in [-0.2, 0) is 32.4 Å². The first kappa shape index (κ1) is 32.5. The molecular formula is C25H32N6O10P2. The van der Waals surface area contributed by atoms with Gasteiger partial charge in [0.05, 0.1) is 5.69 Å². The molecule has 0 radical (unpaired) electrons. The van der Waals surface area contributed by atoms with Crippen molar-refractivity contribution in [3.05, 3.63) is 54.5 Å². The fourth-order valence-electron chi connectivity index (χ4n) is 4.31. The molecule has 1 aromatic carbocycles. The van der Waals surface area contributed by atoms with Crippen LogP contribution in [0, 0.1) is 11.3 Å². The average molecular weight is 639 g/mol. The minimum atomic E-state index is -4.85. The molecule has 5 N–H and O–H groups in total. The van der Waals surface area contributed by atoms with E-state index in [1.54, 1.807) is 34.8 Å². The number of fused-ring (bicyclic) bond motifs is 1. The van der Waals surface area contributed by atoms with Crippen LogP contribution < -0.4 is 15.3 Å². The largest absolute Gasteiger partial charge is 0.470 e. The van der Waals surface area contributed by atoms with Gasteiger partial charge >= 0.3 is 21.5 Å². The minimum Gasteiger partial charge on any atom is -0.461 e. The van der Waals surface area contributed by atoms with Crippen LogP contribution in [-0.4, -0.2) is 60.8 Å². The van der Waals surface area contributed by atoms with E-state index in [0.717, 1.165) is 0 Å². The van der Waals surface area contributed by atoms with E-state index in [-0.39, 0.29) is 18.0 Å². The number of nitrogen functional groups attached to an aromatic ring is 1. The molecule has 1 aliphatic heterocycles. The predicted molar refractivity (Wildman–Crippen MR) is 150 cm³/mol. The lowest BCUT2D eigenvalue weighted by molar-refractivity contribution is -0.151. The van der Waals surface area contributed by atoms with E-state index in [1.165, 1.54) is 39.2 Å². The number of benzene rings is 1. The number of nitrogens with one attached hydrogen (secondary N) is 1. The third kappa shape index (κ3) is 8.38. The number of esters is 1. The Kier molecular flexibility index (Phi) is 9.60. The molecule has 16 nitrogen and oxygen atoms in total. The molecule has 0 spiro atoms. The zero-order chi connectivity index (χ0) is 31.5. The number of nitrogens with two attached hydrogens (primary N) is 1. The van der Waals surface area contributed by atoms with E-state index in [4.69, 9.17) is 34.0 Å². The Morgan fingerprint density at radius 3 is 2.70 bits per heavy atom. The molecule has 1 aliphatic rings. The molecule has 0 aliphatic carbocycles. The smallest absolute Gasteiger partial charge is 0.461 e. The average Bonchev–Trinajstić information content (AvgIpc) is 3.56. The first-order chi connectivity index (χ1) is 20.1. The summed E-state index contributed by atoms with van der Waals surface area (Å²) < 4.78 is 53.9. The zero-order valence-corrected chi connectivity index (χ0v) is 25.3. The van der Waals surface area contributed by atoms with Gasteiger partial charge in [0.2, 0.25) is 0 Å². The Bertz CT molecular complexity index is 1590. The topological polar surface area (TPSA) is 230 Å². The lowest BCUT2D eigenvalue weighted by Gasteiger charge is -2.28. The molecule has 4 atom stereocenters. The summed E-state index contributed by atoms with van der Waals surface area (Å²) in [6, 6.07) is 12.4. The molecule has 0 amide bonds. The van der Waals surface area contributed by atoms with Gasteiger partial charge in [-0.05, 0) is 57.9 Å². The van der Waals surface area contributed by atoms with E-state index >= 15 is 0 Å². The lowest BCUT2D eigenvalue weighted by atomic mass is 10.0. The number of nitriles is 1. The number of anilines is 1. The number of phosphoric acid groups is 1. The Morgan fingerprint density at radius 1 is 1.30 bits per heavy atom. The molecular weight excluding hydrogens is 606 g/mol. The van der Waals surface area contributed by atoms with Crippen molar-refractivity contribution in [3.63, 3.8) is 0 Å². The number of carbonyl (C=O) groups excluding carboxylic acids is 1. The van der Waals surface area contributed by atoms with Gasteiger partial charge in [-0.25, -0.2) is 18.6 Å². The minimum absolute atomic E-state index is 0.156. The highest BCUT2D eigenvalue weighted by atomic mass is 31.2. The summed E-state index contributed by atoms with van der Waals surface area (Å²) in [6.45, 7) is 2.96. The van der Waals surface area contributed by atoms with Crippen molar-refractivity contribution in [1.29, 1.82) is 5.26 Å². The summed E-state index contributed by atoms with van der Waals surface area (Å²) >= 11 is 0. The molecule has 18 heteroatoms. The number of phosphoric ester groups is 1. The highest BCUT2D eigenvalue weighted by molar-refractivity contribution is 7.52. The highest BCUT2D eigenvalue weighted by Gasteiger charge is 2.45. The van der Waals surface area contributed by atoms with E-state index in [0.29, 0.717) is 17.6 Å². The Hall–Kier alpha value is -3.38. The Balaban J connectivity index is 1.47. The maximum atomic E-state index is 13.9. The molecule has 3 aromatic rings. The van der Waals surface area contributed by atoms with E-state index < -0.39 is 58.1 Å². The Labute approximate surface area is 246 Å². The predicted octanol–water partition coefficient (Wildman–Crippen LogP) is 3.04. The number of nitrogens with zero attached hydrogens (tertiary/aromatic N) is 4. The van der Waals surface area contributed by atoms with E-state index in [9.17, 15) is 19.2 Å². The van der Waals surface area contributed by atoms with Crippen molar-refractivity contribution in [2.45, 2.75) is 57.0 Å². The van der Waals surface area contributed by atoms with Crippen LogP contribution in [0.1, 0.15) is 45.4 Å². The fraction of sp³-hybridized carbons (Fsp3) is 0.440. The molecule has 1 unspecified atom stereocenters. The van der Waals surface area contributed by atoms with E-state index in [2.05, 4.69) is 25.8 Å². The number of aromatic nitrogens is 3. The SMILES string of the molecule is C[C@H](NP(=O)(OC[C@]1(C#N)CC[C@H](c2ccc3c(N)ncnn23)O1)Oc1ccccc1)C(=O)OCC(C)(C)OP(=O)(O)O. The maximum Gasteiger partial charge on any atom is 0.470 e. The third-order valence-corrected chi connectivity index (χ3v) is 8.65. The molecule has 1 saturated heterocycles. The van der Waals surface area contributed by atoms with Gasteiger partial charge < -0.3 is 29.5 Å². The normalized spacial score (nSPS) is 21.2. The molecule has 3 heterocycles. The summed E-state index contributed by atoms with van der Waals surface area (Å²) in [5.41, 5.74) is 4.11. The first-order valence-electron chi connectivity index (χ1n) is 13.0. The molecule has 2 aromatic heterocycles. The van der Waals surface area contributed by atoms with Gasteiger partial charge in [0.1, 0.15) is 54.6 Å². The number of rotatable bonds is 13. The molecule has 43 heavy (non-hydrogen) atoms. The van der Waals surface area contributed by atoms with Crippen LogP contribution in [0.3, 0.4) is 0 Å². The lowest BCUT2D eigenvalue weighted by Crippen LogP contribution is -2.40. The summed E-state index contributed by atoms with van der Waals surface area (Å²) in [7, 11) is -9.21. The summed E-state index contributed by atoms with van der Waals surface area (Å²) in [5.74, 6) is -0.496. The maximum absolute atomic E-state index is 13.9. The van der Waals surface area contributed by atoms with Gasteiger partial charge in [-0.15, -0.1) is 0 Å². The standard InChI is InChI=1S/C25H32N6O10P2/c1-17(23(32)37-14-24(2,3)41-43(34,35)36)30-42(33,40-18-7-5-4-6-8-18)38-15-25(13-26)12-11-21(39-25)19-9-10-20-22(27)28-16-29-31(19)20/h4-10,16-17,21H,11-12,14-15H2,1-3H3,(H,30,33)(H2,27,28,29)(H2,34,35,36)/t17-,21+,25+,42?/m0/s1. The zero-order valence-electron chi connectivity index (χ0n) is 23.5. The molecule has 4 rings (SSSR count). The molecule has 0 saturated carbocycles. The Morgan fingerprint density at radius 2 is 2.02 bits per heavy atom. The van der Waals surface area contributed by atoms with Gasteiger partial charge in [-0.3, -0.25) is 13.8 Å². The van der Waals surface area contributed by atoms with Crippen LogP contribution in [0.4, 0.5) is 5.82 Å². The second-order valence-corrected chi connectivity index (χ2v) is 13.3. The van der Waals surface area contributed by atoms with Gasteiger partial charge in [0, 0.05) is 0 Å². The number of hydrogen-bond acceptors (Lipinski definition) is 12. The van der Waals surface area contributed by atoms with Gasteiger partial charge in [0.15, 0.2) is 11.4 Å². The summed E-state index contributed by atoms with van der Waals surface area (Å²) in [4.78, 5) is 34.8. The number of para-hydroxylation sites is 1. The summed E-state index contributed by atoms with van der Waals surface area (Å²) in [5, 5.41) is 16.8. The summed E-state index contributed by atoms with van der Waals surface area (Å²) in [6.07, 6.45) is 1.39. The van der Waals surface area contributed by atoms with Crippen molar-refractivity contribution in [3.8, 4) is 11.8 Å². The molecule has 1 fully saturated rings. The van der Waals surface area contributed by atoms with Crippen molar-refractivity contribution >= 4 is 32.9 Å². The quantitative estimate of drug-likeness (QED) is 0.156. The monoisotopic (exact) mass is 638 g/mol. The van der Waals surface area contributed by atoms with Crippen molar-refractivity contribution in [2.24, 2.45) is 0 Å². The van der Waals surface area contributed by atoms with Gasteiger partial charge in [-0.1, -0.05) is 18.2 Å². The van der Waals surface area contributed by atoms with Gasteiger partial charge in [0.25, 0.3) is 0 Å². The van der Waals surface area contributed by atoms with Crippen molar-refractivity contribution in [1.82, 2.24) is 19.7 Å². The van der Waals surface area contributed by atoms with E-state index in [1.807, 2.05) is 0 Å². The van der Waals surface area contributed by atoms with Gasteiger partial charge in [-0.2, -0.15) is 15.4 Å². The molecule has 232 valence electrons. The third-order valence-electron chi connectivity index (χ3n) is 6.29. The number of carbonyl (C=O) groups is 1. The highest BCUT2D eigenvalue weighted by Crippen LogP contribution is 2.48.